The molecule has 0 aliphatic carbocycles. The van der Waals surface area contributed by atoms with Crippen molar-refractivity contribution >= 4 is 17.3 Å². The summed E-state index contributed by atoms with van der Waals surface area (Å²) in [5.74, 6) is -0.493. The van der Waals surface area contributed by atoms with Crippen molar-refractivity contribution in [2.45, 2.75) is 26.3 Å². The Labute approximate surface area is 220 Å². The normalized spacial score (nSPS) is 14.8. The summed E-state index contributed by atoms with van der Waals surface area (Å²) in [7, 11) is 0. The molecule has 0 spiro atoms. The topological polar surface area (TPSA) is 64.5 Å². The van der Waals surface area contributed by atoms with Crippen LogP contribution in [0.15, 0.2) is 71.8 Å². The highest BCUT2D eigenvalue weighted by Gasteiger charge is 2.26. The molecule has 6 nitrogen and oxygen atoms in total. The molecule has 1 aliphatic rings. The molecule has 8 heteroatoms. The number of piperazine rings is 1. The molecule has 37 heavy (non-hydrogen) atoms. The number of imidazole rings is 1. The third-order valence-electron chi connectivity index (χ3n) is 6.99. The molecule has 1 fully saturated rings. The highest BCUT2D eigenvalue weighted by molar-refractivity contribution is 6.32. The predicted octanol–water partition coefficient (Wildman–Crippen LogP) is 5.92. The Bertz CT molecular complexity index is 1500. The van der Waals surface area contributed by atoms with E-state index in [1.54, 1.807) is 24.4 Å². The van der Waals surface area contributed by atoms with E-state index in [9.17, 15) is 14.3 Å². The summed E-state index contributed by atoms with van der Waals surface area (Å²) >= 11 is 6.48. The van der Waals surface area contributed by atoms with Gasteiger partial charge in [-0.2, -0.15) is 0 Å². The molecular formula is C29H30ClFN4O2. The van der Waals surface area contributed by atoms with Gasteiger partial charge < -0.3 is 15.0 Å². The Morgan fingerprint density at radius 2 is 1.62 bits per heavy atom. The summed E-state index contributed by atoms with van der Waals surface area (Å²) < 4.78 is 16.2. The Kier molecular flexibility index (Phi) is 6.60. The van der Waals surface area contributed by atoms with E-state index in [0.717, 1.165) is 37.4 Å². The van der Waals surface area contributed by atoms with Crippen LogP contribution < -0.4 is 10.6 Å². The van der Waals surface area contributed by atoms with Gasteiger partial charge in [-0.1, -0.05) is 29.8 Å². The van der Waals surface area contributed by atoms with E-state index in [4.69, 9.17) is 11.6 Å². The van der Waals surface area contributed by atoms with Gasteiger partial charge in [-0.3, -0.25) is 9.47 Å². The summed E-state index contributed by atoms with van der Waals surface area (Å²) in [5.41, 5.74) is 3.37. The molecule has 5 rings (SSSR count). The molecule has 0 radical (unpaired) electrons. The van der Waals surface area contributed by atoms with Gasteiger partial charge >= 0.3 is 5.69 Å². The van der Waals surface area contributed by atoms with E-state index in [-0.39, 0.29) is 17.0 Å². The minimum absolute atomic E-state index is 0.0290. The number of benzene rings is 3. The van der Waals surface area contributed by atoms with E-state index in [1.807, 2.05) is 18.2 Å². The van der Waals surface area contributed by atoms with Crippen LogP contribution in [0.25, 0.3) is 27.9 Å². The number of anilines is 1. The minimum Gasteiger partial charge on any atom is -0.507 e. The average Bonchev–Trinajstić information content (AvgIpc) is 3.30. The largest absolute Gasteiger partial charge is 0.507 e. The molecule has 0 atom stereocenters. The number of H-pyrrole nitrogens is 1. The average molecular weight is 521 g/mol. The third kappa shape index (κ3) is 5.02. The number of aromatic hydroxyl groups is 1. The second-order valence-corrected chi connectivity index (χ2v) is 10.8. The molecule has 2 heterocycles. The van der Waals surface area contributed by atoms with Crippen LogP contribution in [-0.4, -0.2) is 51.3 Å². The zero-order valence-electron chi connectivity index (χ0n) is 21.1. The standard InChI is InChI=1S/C29H30ClFN4O2/c1-29(2,3)34-13-11-33(12-14-34)22-6-4-5-19(15-22)23-17-21(31)18-24(27(23)36)20-7-8-26(25(30)16-20)35-10-9-32-28(35)37/h4-10,15-18,36H,11-14H2,1-3H3,(H,32,37). The molecular weight excluding hydrogens is 491 g/mol. The lowest BCUT2D eigenvalue weighted by Crippen LogP contribution is -2.53. The highest BCUT2D eigenvalue weighted by Crippen LogP contribution is 2.41. The number of nitrogens with zero attached hydrogens (tertiary/aromatic N) is 3. The lowest BCUT2D eigenvalue weighted by atomic mass is 9.96. The summed E-state index contributed by atoms with van der Waals surface area (Å²) in [6, 6.07) is 15.5. The fraction of sp³-hybridized carbons (Fsp3) is 0.276. The first-order valence-electron chi connectivity index (χ1n) is 12.3. The first-order chi connectivity index (χ1) is 17.6. The van der Waals surface area contributed by atoms with Crippen molar-refractivity contribution < 1.29 is 9.50 Å². The Balaban J connectivity index is 1.47. The highest BCUT2D eigenvalue weighted by atomic mass is 35.5. The summed E-state index contributed by atoms with van der Waals surface area (Å²) in [6.45, 7) is 10.4. The number of hydrogen-bond acceptors (Lipinski definition) is 4. The van der Waals surface area contributed by atoms with Gasteiger partial charge in [0.05, 0.1) is 10.7 Å². The van der Waals surface area contributed by atoms with Crippen LogP contribution in [0.4, 0.5) is 10.1 Å². The maximum Gasteiger partial charge on any atom is 0.330 e. The van der Waals surface area contributed by atoms with Crippen molar-refractivity contribution in [1.82, 2.24) is 14.5 Å². The second kappa shape index (κ2) is 9.72. The lowest BCUT2D eigenvalue weighted by molar-refractivity contribution is 0.128. The van der Waals surface area contributed by atoms with Crippen molar-refractivity contribution in [3.8, 4) is 33.7 Å². The van der Waals surface area contributed by atoms with Gasteiger partial charge in [-0.05, 0) is 68.3 Å². The fourth-order valence-corrected chi connectivity index (χ4v) is 5.20. The van der Waals surface area contributed by atoms with Gasteiger partial charge in [0.1, 0.15) is 11.6 Å². The Morgan fingerprint density at radius 3 is 2.22 bits per heavy atom. The quantitative estimate of drug-likeness (QED) is 0.351. The molecule has 1 aliphatic heterocycles. The van der Waals surface area contributed by atoms with Crippen LogP contribution in [0, 0.1) is 5.82 Å². The predicted molar refractivity (Wildman–Crippen MR) is 147 cm³/mol. The molecule has 4 aromatic rings. The smallest absolute Gasteiger partial charge is 0.330 e. The molecule has 0 amide bonds. The van der Waals surface area contributed by atoms with Crippen molar-refractivity contribution in [1.29, 1.82) is 0 Å². The Hall–Kier alpha value is -3.55. The molecule has 2 N–H and O–H groups in total. The lowest BCUT2D eigenvalue weighted by Gasteiger charge is -2.43. The number of phenols is 1. The van der Waals surface area contributed by atoms with Crippen molar-refractivity contribution in [2.75, 3.05) is 31.1 Å². The van der Waals surface area contributed by atoms with E-state index in [2.05, 4.69) is 41.6 Å². The van der Waals surface area contributed by atoms with Crippen LogP contribution in [0.2, 0.25) is 5.02 Å². The first kappa shape index (κ1) is 25.1. The van der Waals surface area contributed by atoms with E-state index < -0.39 is 5.82 Å². The van der Waals surface area contributed by atoms with Crippen LogP contribution in [-0.2, 0) is 0 Å². The number of aromatic nitrogens is 2. The molecule has 1 saturated heterocycles. The number of hydrogen-bond donors (Lipinski definition) is 2. The second-order valence-electron chi connectivity index (χ2n) is 10.3. The molecule has 0 bridgehead atoms. The van der Waals surface area contributed by atoms with Gasteiger partial charge in [0.15, 0.2) is 0 Å². The zero-order chi connectivity index (χ0) is 26.3. The van der Waals surface area contributed by atoms with Crippen molar-refractivity contribution in [2.24, 2.45) is 0 Å². The van der Waals surface area contributed by atoms with Crippen LogP contribution in [0.1, 0.15) is 20.8 Å². The third-order valence-corrected chi connectivity index (χ3v) is 7.30. The Morgan fingerprint density at radius 1 is 0.946 bits per heavy atom. The number of halogens is 2. The minimum atomic E-state index is -0.464. The van der Waals surface area contributed by atoms with E-state index >= 15 is 0 Å². The summed E-state index contributed by atoms with van der Waals surface area (Å²) in [6.07, 6.45) is 3.10. The maximum atomic E-state index is 14.8. The van der Waals surface area contributed by atoms with Crippen LogP contribution in [0.5, 0.6) is 5.75 Å². The number of aromatic amines is 1. The SMILES string of the molecule is CC(C)(C)N1CCN(c2cccc(-c3cc(F)cc(-c4ccc(-n5cc[nH]c5=O)c(Cl)c4)c3O)c2)CC1. The van der Waals surface area contributed by atoms with Crippen molar-refractivity contribution in [3.63, 3.8) is 0 Å². The number of nitrogens with one attached hydrogen (secondary N) is 1. The molecule has 0 saturated carbocycles. The van der Waals surface area contributed by atoms with Gasteiger partial charge in [-0.25, -0.2) is 9.18 Å². The number of rotatable bonds is 4. The van der Waals surface area contributed by atoms with Crippen LogP contribution in [0.3, 0.4) is 0 Å². The van der Waals surface area contributed by atoms with Gasteiger partial charge in [0.25, 0.3) is 0 Å². The van der Waals surface area contributed by atoms with Crippen molar-refractivity contribution in [3.05, 3.63) is 88.3 Å². The zero-order valence-corrected chi connectivity index (χ0v) is 21.9. The maximum absolute atomic E-state index is 14.8. The number of phenolic OH excluding ortho intramolecular Hbond substituents is 1. The monoisotopic (exact) mass is 520 g/mol. The summed E-state index contributed by atoms with van der Waals surface area (Å²) in [5, 5.41) is 11.5. The van der Waals surface area contributed by atoms with Gasteiger partial charge in [0.2, 0.25) is 0 Å². The van der Waals surface area contributed by atoms with Gasteiger partial charge in [0, 0.05) is 60.9 Å². The van der Waals surface area contributed by atoms with Gasteiger partial charge in [-0.15, -0.1) is 0 Å². The molecule has 0 unspecified atom stereocenters. The molecule has 192 valence electrons. The first-order valence-corrected chi connectivity index (χ1v) is 12.7. The summed E-state index contributed by atoms with van der Waals surface area (Å²) in [4.78, 5) is 19.4. The van der Waals surface area contributed by atoms with Crippen LogP contribution >= 0.6 is 11.6 Å². The van der Waals surface area contributed by atoms with E-state index in [0.29, 0.717) is 27.4 Å². The molecule has 1 aromatic heterocycles. The molecule has 3 aromatic carbocycles. The van der Waals surface area contributed by atoms with E-state index in [1.165, 1.54) is 22.9 Å². The fourth-order valence-electron chi connectivity index (χ4n) is 4.92.